The van der Waals surface area contributed by atoms with Crippen molar-refractivity contribution in [2.75, 3.05) is 35.1 Å². The van der Waals surface area contributed by atoms with Crippen molar-refractivity contribution in [3.8, 4) is 5.75 Å². The summed E-state index contributed by atoms with van der Waals surface area (Å²) < 4.78 is 44.9. The largest absolute Gasteiger partial charge is 0.492 e. The van der Waals surface area contributed by atoms with Crippen molar-refractivity contribution in [3.63, 3.8) is 0 Å². The van der Waals surface area contributed by atoms with Crippen LogP contribution in [-0.2, 0) is 10.0 Å². The number of nitrogens with zero attached hydrogens (tertiary/aromatic N) is 1. The van der Waals surface area contributed by atoms with Crippen LogP contribution in [0.2, 0.25) is 0 Å². The van der Waals surface area contributed by atoms with Gasteiger partial charge >= 0.3 is 0 Å². The lowest BCUT2D eigenvalue weighted by molar-refractivity contribution is 0.340. The highest BCUT2D eigenvalue weighted by Crippen LogP contribution is 2.18. The molecule has 0 unspecified atom stereocenters. The molecule has 5 nitrogen and oxygen atoms in total. The zero-order chi connectivity index (χ0) is 18.3. The van der Waals surface area contributed by atoms with Crippen LogP contribution in [-0.4, -0.2) is 33.9 Å². The molecule has 0 amide bonds. The molecule has 0 saturated carbocycles. The van der Waals surface area contributed by atoms with Crippen LogP contribution in [0, 0.1) is 5.82 Å². The quantitative estimate of drug-likeness (QED) is 0.738. The molecule has 0 aliphatic carbocycles. The summed E-state index contributed by atoms with van der Waals surface area (Å²) in [5.74, 6) is -0.127. The maximum atomic E-state index is 12.8. The molecule has 0 aliphatic heterocycles. The maximum absolute atomic E-state index is 12.8. The van der Waals surface area contributed by atoms with Gasteiger partial charge in [0, 0.05) is 24.5 Å². The standard InChI is InChI=1S/C18H23FN2O3S/c1-3-21(4-2)17-9-7-16(8-10-17)20-25(22,23)14-13-24-18-11-5-15(19)6-12-18/h5-12,20H,3-4,13-14H2,1-2H3. The van der Waals surface area contributed by atoms with Crippen LogP contribution in [0.3, 0.4) is 0 Å². The van der Waals surface area contributed by atoms with Crippen molar-refractivity contribution in [1.82, 2.24) is 0 Å². The minimum Gasteiger partial charge on any atom is -0.492 e. The first-order valence-electron chi connectivity index (χ1n) is 8.17. The number of rotatable bonds is 9. The van der Waals surface area contributed by atoms with E-state index in [-0.39, 0.29) is 18.2 Å². The zero-order valence-electron chi connectivity index (χ0n) is 14.4. The Bertz CT molecular complexity index is 758. The predicted molar refractivity (Wildman–Crippen MR) is 99.3 cm³/mol. The molecule has 7 heteroatoms. The Kier molecular flexibility index (Phi) is 6.64. The summed E-state index contributed by atoms with van der Waals surface area (Å²) in [6.45, 7) is 5.91. The molecule has 2 rings (SSSR count). The molecule has 2 aromatic carbocycles. The van der Waals surface area contributed by atoms with E-state index in [0.29, 0.717) is 11.4 Å². The van der Waals surface area contributed by atoms with Gasteiger partial charge in [0.2, 0.25) is 10.0 Å². The van der Waals surface area contributed by atoms with E-state index >= 15 is 0 Å². The molecule has 0 atom stereocenters. The van der Waals surface area contributed by atoms with Crippen LogP contribution in [0.4, 0.5) is 15.8 Å². The molecule has 1 N–H and O–H groups in total. The first-order valence-corrected chi connectivity index (χ1v) is 9.82. The molecule has 0 spiro atoms. The summed E-state index contributed by atoms with van der Waals surface area (Å²) in [5.41, 5.74) is 1.56. The second-order valence-electron chi connectivity index (χ2n) is 5.44. The third-order valence-electron chi connectivity index (χ3n) is 3.70. The SMILES string of the molecule is CCN(CC)c1ccc(NS(=O)(=O)CCOc2ccc(F)cc2)cc1. The minimum atomic E-state index is -3.52. The Morgan fingerprint density at radius 2 is 1.60 bits per heavy atom. The first-order chi connectivity index (χ1) is 11.9. The lowest BCUT2D eigenvalue weighted by atomic mass is 10.2. The third kappa shape index (κ3) is 5.94. The highest BCUT2D eigenvalue weighted by Gasteiger charge is 2.11. The number of ether oxygens (including phenoxy) is 1. The lowest BCUT2D eigenvalue weighted by Crippen LogP contribution is -2.22. The molecular weight excluding hydrogens is 343 g/mol. The highest BCUT2D eigenvalue weighted by atomic mass is 32.2. The van der Waals surface area contributed by atoms with Gasteiger partial charge in [-0.25, -0.2) is 12.8 Å². The van der Waals surface area contributed by atoms with Gasteiger partial charge in [0.1, 0.15) is 23.9 Å². The summed E-state index contributed by atoms with van der Waals surface area (Å²) in [6.07, 6.45) is 0. The van der Waals surface area contributed by atoms with Crippen molar-refractivity contribution in [1.29, 1.82) is 0 Å². The average Bonchev–Trinajstić information content (AvgIpc) is 2.59. The fourth-order valence-corrected chi connectivity index (χ4v) is 3.26. The van der Waals surface area contributed by atoms with E-state index in [1.54, 1.807) is 12.1 Å². The highest BCUT2D eigenvalue weighted by molar-refractivity contribution is 7.92. The van der Waals surface area contributed by atoms with E-state index in [1.807, 2.05) is 12.1 Å². The Morgan fingerprint density at radius 1 is 1.00 bits per heavy atom. The summed E-state index contributed by atoms with van der Waals surface area (Å²) in [5, 5.41) is 0. The van der Waals surface area contributed by atoms with Gasteiger partial charge in [-0.2, -0.15) is 0 Å². The number of halogens is 1. The minimum absolute atomic E-state index is 0.0154. The molecule has 0 saturated heterocycles. The van der Waals surface area contributed by atoms with E-state index < -0.39 is 10.0 Å². The topological polar surface area (TPSA) is 58.6 Å². The van der Waals surface area contributed by atoms with Crippen molar-refractivity contribution in [2.24, 2.45) is 0 Å². The summed E-state index contributed by atoms with van der Waals surface area (Å²) >= 11 is 0. The second kappa shape index (κ2) is 8.71. The molecule has 2 aromatic rings. The number of anilines is 2. The Morgan fingerprint density at radius 3 is 2.16 bits per heavy atom. The average molecular weight is 366 g/mol. The van der Waals surface area contributed by atoms with Crippen molar-refractivity contribution >= 4 is 21.4 Å². The van der Waals surface area contributed by atoms with Gasteiger partial charge in [0.25, 0.3) is 0 Å². The molecule has 136 valence electrons. The van der Waals surface area contributed by atoms with Crippen LogP contribution in [0.25, 0.3) is 0 Å². The number of benzene rings is 2. The van der Waals surface area contributed by atoms with Crippen LogP contribution in [0.5, 0.6) is 5.75 Å². The summed E-state index contributed by atoms with van der Waals surface area (Å²) in [7, 11) is -3.52. The molecular formula is C18H23FN2O3S. The first kappa shape index (κ1) is 19.1. The van der Waals surface area contributed by atoms with Gasteiger partial charge in [-0.15, -0.1) is 0 Å². The van der Waals surface area contributed by atoms with Gasteiger partial charge in [0.15, 0.2) is 0 Å². The number of sulfonamides is 1. The second-order valence-corrected chi connectivity index (χ2v) is 7.28. The van der Waals surface area contributed by atoms with Gasteiger partial charge < -0.3 is 9.64 Å². The Balaban J connectivity index is 1.88. The molecule has 0 bridgehead atoms. The fourth-order valence-electron chi connectivity index (χ4n) is 2.36. The van der Waals surface area contributed by atoms with E-state index in [9.17, 15) is 12.8 Å². The molecule has 25 heavy (non-hydrogen) atoms. The maximum Gasteiger partial charge on any atom is 0.236 e. The van der Waals surface area contributed by atoms with E-state index in [4.69, 9.17) is 4.74 Å². The van der Waals surface area contributed by atoms with E-state index in [1.165, 1.54) is 24.3 Å². The third-order valence-corrected chi connectivity index (χ3v) is 4.95. The monoisotopic (exact) mass is 366 g/mol. The molecule has 0 aromatic heterocycles. The van der Waals surface area contributed by atoms with E-state index in [0.717, 1.165) is 18.8 Å². The fraction of sp³-hybridized carbons (Fsp3) is 0.333. The van der Waals surface area contributed by atoms with E-state index in [2.05, 4.69) is 23.5 Å². The zero-order valence-corrected chi connectivity index (χ0v) is 15.2. The van der Waals surface area contributed by atoms with Gasteiger partial charge in [-0.3, -0.25) is 4.72 Å². The molecule has 0 fully saturated rings. The van der Waals surface area contributed by atoms with Crippen LogP contribution >= 0.6 is 0 Å². The molecule has 0 aliphatic rings. The van der Waals surface area contributed by atoms with Crippen LogP contribution in [0.15, 0.2) is 48.5 Å². The normalized spacial score (nSPS) is 11.2. The van der Waals surface area contributed by atoms with Gasteiger partial charge in [-0.1, -0.05) is 0 Å². The van der Waals surface area contributed by atoms with Crippen molar-refractivity contribution in [3.05, 3.63) is 54.3 Å². The van der Waals surface area contributed by atoms with Crippen LogP contribution in [0.1, 0.15) is 13.8 Å². The van der Waals surface area contributed by atoms with Gasteiger partial charge in [-0.05, 0) is 62.4 Å². The number of hydrogen-bond acceptors (Lipinski definition) is 4. The lowest BCUT2D eigenvalue weighted by Gasteiger charge is -2.21. The smallest absolute Gasteiger partial charge is 0.236 e. The van der Waals surface area contributed by atoms with Crippen molar-refractivity contribution < 1.29 is 17.5 Å². The van der Waals surface area contributed by atoms with Gasteiger partial charge in [0.05, 0.1) is 0 Å². The number of hydrogen-bond donors (Lipinski definition) is 1. The van der Waals surface area contributed by atoms with Crippen molar-refractivity contribution in [2.45, 2.75) is 13.8 Å². The summed E-state index contributed by atoms with van der Waals surface area (Å²) in [6, 6.07) is 12.7. The summed E-state index contributed by atoms with van der Waals surface area (Å²) in [4.78, 5) is 2.18. The van der Waals surface area contributed by atoms with Crippen LogP contribution < -0.4 is 14.4 Å². The predicted octanol–water partition coefficient (Wildman–Crippen LogP) is 3.49. The Labute approximate surface area is 148 Å². The molecule has 0 heterocycles. The molecule has 0 radical (unpaired) electrons. The Hall–Kier alpha value is -2.28. The number of nitrogens with one attached hydrogen (secondary N) is 1.